The number of benzene rings is 1. The van der Waals surface area contributed by atoms with Crippen LogP contribution in [0.3, 0.4) is 0 Å². The first-order valence-corrected chi connectivity index (χ1v) is 10.6. The van der Waals surface area contributed by atoms with Crippen LogP contribution in [0.4, 0.5) is 0 Å². The molecule has 1 aromatic rings. The molecule has 0 aromatic heterocycles. The van der Waals surface area contributed by atoms with Gasteiger partial charge in [0.2, 0.25) is 0 Å². The number of nitrogens with one attached hydrogen (secondary N) is 2. The maximum absolute atomic E-state index is 12.3. The van der Waals surface area contributed by atoms with E-state index >= 15 is 0 Å². The van der Waals surface area contributed by atoms with E-state index in [-0.39, 0.29) is 5.91 Å². The Balaban J connectivity index is 1.36. The van der Waals surface area contributed by atoms with Crippen LogP contribution < -0.4 is 15.4 Å². The van der Waals surface area contributed by atoms with Gasteiger partial charge in [0.05, 0.1) is 12.2 Å². The summed E-state index contributed by atoms with van der Waals surface area (Å²) in [5, 5.41) is 16.8. The van der Waals surface area contributed by atoms with Crippen LogP contribution in [0, 0.1) is 5.92 Å². The molecule has 1 saturated carbocycles. The molecule has 1 heterocycles. The number of carbonyl (C=O) groups excluding carboxylic acids is 1. The number of aliphatic hydroxyl groups is 1. The van der Waals surface area contributed by atoms with Gasteiger partial charge in [-0.3, -0.25) is 4.79 Å². The molecule has 3 N–H and O–H groups in total. The molecule has 150 valence electrons. The molecule has 0 radical (unpaired) electrons. The van der Waals surface area contributed by atoms with Crippen LogP contribution in [0.15, 0.2) is 24.3 Å². The summed E-state index contributed by atoms with van der Waals surface area (Å²) in [6, 6.07) is 7.29. The number of hydrogen-bond acceptors (Lipinski definition) is 4. The van der Waals surface area contributed by atoms with Gasteiger partial charge in [0.1, 0.15) is 5.75 Å². The fraction of sp³-hybridized carbons (Fsp3) is 0.682. The Morgan fingerprint density at radius 2 is 1.96 bits per heavy atom. The van der Waals surface area contributed by atoms with Crippen molar-refractivity contribution >= 4 is 5.91 Å². The Morgan fingerprint density at radius 1 is 1.19 bits per heavy atom. The maximum Gasteiger partial charge on any atom is 0.251 e. The van der Waals surface area contributed by atoms with Crippen LogP contribution in [-0.2, 0) is 0 Å². The molecule has 27 heavy (non-hydrogen) atoms. The molecule has 5 heteroatoms. The van der Waals surface area contributed by atoms with Crippen molar-refractivity contribution in [3.8, 4) is 5.75 Å². The van der Waals surface area contributed by atoms with E-state index < -0.39 is 5.60 Å². The Bertz CT molecular complexity index is 576. The third-order valence-electron chi connectivity index (χ3n) is 5.90. The van der Waals surface area contributed by atoms with Gasteiger partial charge in [-0.1, -0.05) is 19.3 Å². The van der Waals surface area contributed by atoms with E-state index in [2.05, 4.69) is 10.6 Å². The third kappa shape index (κ3) is 6.51. The van der Waals surface area contributed by atoms with Crippen LogP contribution in [0.1, 0.15) is 68.1 Å². The molecule has 1 aromatic carbocycles. The van der Waals surface area contributed by atoms with E-state index in [0.29, 0.717) is 12.1 Å². The standard InChI is InChI=1S/C22H34N2O3/c25-21(24-17-22(26)12-2-1-3-13-22)19-8-10-20(11-9-19)27-15-5-7-18-6-4-14-23-16-18/h8-11,18,23,26H,1-7,12-17H2,(H,24,25). The first-order valence-electron chi connectivity index (χ1n) is 10.6. The lowest BCUT2D eigenvalue weighted by molar-refractivity contribution is 0.00525. The zero-order valence-corrected chi connectivity index (χ0v) is 16.3. The Labute approximate surface area is 162 Å². The molecule has 5 nitrogen and oxygen atoms in total. The SMILES string of the molecule is O=C(NCC1(O)CCCCC1)c1ccc(OCCCC2CCCNC2)cc1. The molecule has 3 rings (SSSR count). The van der Waals surface area contributed by atoms with Gasteiger partial charge in [-0.2, -0.15) is 0 Å². The molecule has 1 saturated heterocycles. The summed E-state index contributed by atoms with van der Waals surface area (Å²) in [5.74, 6) is 1.46. The lowest BCUT2D eigenvalue weighted by atomic mass is 9.85. The van der Waals surface area contributed by atoms with Gasteiger partial charge in [0.15, 0.2) is 0 Å². The van der Waals surface area contributed by atoms with Crippen molar-refractivity contribution in [2.75, 3.05) is 26.2 Å². The van der Waals surface area contributed by atoms with E-state index in [4.69, 9.17) is 4.74 Å². The highest BCUT2D eigenvalue weighted by Crippen LogP contribution is 2.27. The summed E-state index contributed by atoms with van der Waals surface area (Å²) in [7, 11) is 0. The van der Waals surface area contributed by atoms with Crippen LogP contribution in [0.2, 0.25) is 0 Å². The van der Waals surface area contributed by atoms with Crippen molar-refractivity contribution in [1.29, 1.82) is 0 Å². The van der Waals surface area contributed by atoms with Gasteiger partial charge < -0.3 is 20.5 Å². The topological polar surface area (TPSA) is 70.6 Å². The quantitative estimate of drug-likeness (QED) is 0.611. The molecule has 1 unspecified atom stereocenters. The number of amides is 1. The molecule has 1 amide bonds. The zero-order valence-electron chi connectivity index (χ0n) is 16.3. The molecule has 2 fully saturated rings. The highest BCUT2D eigenvalue weighted by molar-refractivity contribution is 5.94. The summed E-state index contributed by atoms with van der Waals surface area (Å²) in [6.45, 7) is 3.35. The second-order valence-corrected chi connectivity index (χ2v) is 8.20. The molecule has 0 spiro atoms. The lowest BCUT2D eigenvalue weighted by Gasteiger charge is -2.32. The first-order chi connectivity index (χ1) is 13.1. The van der Waals surface area contributed by atoms with Gasteiger partial charge >= 0.3 is 0 Å². The summed E-state index contributed by atoms with van der Waals surface area (Å²) in [6.07, 6.45) is 9.68. The molecular formula is C22H34N2O3. The Hall–Kier alpha value is -1.59. The number of carbonyl (C=O) groups is 1. The van der Waals surface area contributed by atoms with Crippen LogP contribution in [-0.4, -0.2) is 42.9 Å². The average molecular weight is 375 g/mol. The van der Waals surface area contributed by atoms with Crippen molar-refractivity contribution in [3.63, 3.8) is 0 Å². The van der Waals surface area contributed by atoms with E-state index in [9.17, 15) is 9.90 Å². The fourth-order valence-corrected chi connectivity index (χ4v) is 4.17. The molecule has 1 aliphatic heterocycles. The molecule has 1 aliphatic carbocycles. The molecular weight excluding hydrogens is 340 g/mol. The van der Waals surface area contributed by atoms with E-state index in [1.807, 2.05) is 12.1 Å². The zero-order chi connectivity index (χ0) is 19.0. The van der Waals surface area contributed by atoms with Gasteiger partial charge in [-0.15, -0.1) is 0 Å². The number of ether oxygens (including phenoxy) is 1. The highest BCUT2D eigenvalue weighted by Gasteiger charge is 2.29. The van der Waals surface area contributed by atoms with Crippen molar-refractivity contribution in [2.24, 2.45) is 5.92 Å². The fourth-order valence-electron chi connectivity index (χ4n) is 4.17. The van der Waals surface area contributed by atoms with Gasteiger partial charge in [-0.25, -0.2) is 0 Å². The second-order valence-electron chi connectivity index (χ2n) is 8.20. The van der Waals surface area contributed by atoms with Crippen LogP contribution in [0.5, 0.6) is 5.75 Å². The minimum atomic E-state index is -0.731. The largest absolute Gasteiger partial charge is 0.494 e. The van der Waals surface area contributed by atoms with Crippen molar-refractivity contribution in [3.05, 3.63) is 29.8 Å². The third-order valence-corrected chi connectivity index (χ3v) is 5.90. The van der Waals surface area contributed by atoms with Crippen LogP contribution >= 0.6 is 0 Å². The first kappa shape index (κ1) is 20.2. The minimum Gasteiger partial charge on any atom is -0.494 e. The summed E-state index contributed by atoms with van der Waals surface area (Å²) in [4.78, 5) is 12.3. The highest BCUT2D eigenvalue weighted by atomic mass is 16.5. The summed E-state index contributed by atoms with van der Waals surface area (Å²) >= 11 is 0. The van der Waals surface area contributed by atoms with Crippen LogP contribution in [0.25, 0.3) is 0 Å². The van der Waals surface area contributed by atoms with Crippen molar-refractivity contribution < 1.29 is 14.6 Å². The van der Waals surface area contributed by atoms with E-state index in [1.165, 1.54) is 25.7 Å². The second kappa shape index (κ2) is 10.1. The number of hydrogen-bond donors (Lipinski definition) is 3. The summed E-state index contributed by atoms with van der Waals surface area (Å²) in [5.41, 5.74) is -0.125. The van der Waals surface area contributed by atoms with Gasteiger partial charge in [-0.05, 0) is 81.8 Å². The minimum absolute atomic E-state index is 0.134. The normalized spacial score (nSPS) is 22.2. The van der Waals surface area contributed by atoms with E-state index in [1.54, 1.807) is 12.1 Å². The monoisotopic (exact) mass is 374 g/mol. The maximum atomic E-state index is 12.3. The predicted octanol–water partition coefficient (Wildman–Crippen LogP) is 3.27. The number of piperidine rings is 1. The molecule has 1 atom stereocenters. The predicted molar refractivity (Wildman–Crippen MR) is 107 cm³/mol. The number of rotatable bonds is 8. The lowest BCUT2D eigenvalue weighted by Crippen LogP contribution is -2.44. The van der Waals surface area contributed by atoms with Crippen molar-refractivity contribution in [1.82, 2.24) is 10.6 Å². The average Bonchev–Trinajstić information content (AvgIpc) is 2.71. The summed E-state index contributed by atoms with van der Waals surface area (Å²) < 4.78 is 5.81. The smallest absolute Gasteiger partial charge is 0.251 e. The van der Waals surface area contributed by atoms with E-state index in [0.717, 1.165) is 63.5 Å². The van der Waals surface area contributed by atoms with Crippen molar-refractivity contribution in [2.45, 2.75) is 63.4 Å². The van der Waals surface area contributed by atoms with Gasteiger partial charge in [0.25, 0.3) is 5.91 Å². The van der Waals surface area contributed by atoms with Gasteiger partial charge in [0, 0.05) is 12.1 Å². The Kier molecular flexibility index (Phi) is 7.53. The molecule has 0 bridgehead atoms. The Morgan fingerprint density at radius 3 is 2.67 bits per heavy atom. The molecule has 2 aliphatic rings.